The molecule has 0 heterocycles. The molecule has 0 radical (unpaired) electrons. The molecule has 2 atom stereocenters. The molecular formula is C12H19N3O2S2. The van der Waals surface area contributed by atoms with Crippen molar-refractivity contribution in [3.8, 4) is 0 Å². The number of hydrogen-bond acceptors (Lipinski definition) is 5. The number of thioether (sulfide) groups is 1. The zero-order valence-electron chi connectivity index (χ0n) is 10.8. The third kappa shape index (κ3) is 3.62. The van der Waals surface area contributed by atoms with E-state index < -0.39 is 10.0 Å². The lowest BCUT2D eigenvalue weighted by Gasteiger charge is -2.13. The first-order valence-electron chi connectivity index (χ1n) is 6.17. The van der Waals surface area contributed by atoms with Crippen LogP contribution >= 0.6 is 11.8 Å². The normalized spacial score (nSPS) is 23.5. The Morgan fingerprint density at radius 2 is 1.95 bits per heavy atom. The summed E-state index contributed by atoms with van der Waals surface area (Å²) in [6.45, 7) is 0. The van der Waals surface area contributed by atoms with Crippen molar-refractivity contribution in [2.75, 3.05) is 11.7 Å². The lowest BCUT2D eigenvalue weighted by atomic mass is 10.3. The molecule has 5 nitrogen and oxygen atoms in total. The first kappa shape index (κ1) is 14.6. The molecule has 1 saturated carbocycles. The number of nitrogen functional groups attached to an aromatic ring is 1. The van der Waals surface area contributed by atoms with Crippen molar-refractivity contribution in [3.05, 3.63) is 24.3 Å². The highest BCUT2D eigenvalue weighted by molar-refractivity contribution is 7.99. The van der Waals surface area contributed by atoms with Crippen LogP contribution in [-0.2, 0) is 10.0 Å². The van der Waals surface area contributed by atoms with Gasteiger partial charge in [-0.15, -0.1) is 0 Å². The van der Waals surface area contributed by atoms with Crippen molar-refractivity contribution in [2.45, 2.75) is 35.4 Å². The minimum absolute atomic E-state index is 0.0507. The van der Waals surface area contributed by atoms with Crippen LogP contribution in [0.1, 0.15) is 19.3 Å². The van der Waals surface area contributed by atoms with Gasteiger partial charge < -0.3 is 5.43 Å². The van der Waals surface area contributed by atoms with Gasteiger partial charge in [-0.05, 0) is 49.8 Å². The lowest BCUT2D eigenvalue weighted by molar-refractivity contribution is 0.552. The average molecular weight is 301 g/mol. The van der Waals surface area contributed by atoms with Gasteiger partial charge in [0.2, 0.25) is 10.0 Å². The number of sulfonamides is 1. The topological polar surface area (TPSA) is 84.2 Å². The van der Waals surface area contributed by atoms with Crippen LogP contribution < -0.4 is 16.0 Å². The summed E-state index contributed by atoms with van der Waals surface area (Å²) in [5.74, 6) is 5.25. The molecule has 0 aliphatic heterocycles. The van der Waals surface area contributed by atoms with Gasteiger partial charge in [0.05, 0.1) is 4.90 Å². The fraction of sp³-hybridized carbons (Fsp3) is 0.500. The Morgan fingerprint density at radius 3 is 2.47 bits per heavy atom. The molecule has 1 fully saturated rings. The minimum atomic E-state index is -3.43. The third-order valence-corrected chi connectivity index (χ3v) is 6.00. The number of rotatable bonds is 5. The predicted octanol–water partition coefficient (Wildman–Crippen LogP) is 1.53. The van der Waals surface area contributed by atoms with Gasteiger partial charge in [-0.1, -0.05) is 0 Å². The Morgan fingerprint density at radius 1 is 1.26 bits per heavy atom. The molecule has 0 amide bonds. The Hall–Kier alpha value is -0.760. The van der Waals surface area contributed by atoms with E-state index in [1.807, 2.05) is 0 Å². The van der Waals surface area contributed by atoms with Crippen LogP contribution in [0.15, 0.2) is 29.2 Å². The largest absolute Gasteiger partial charge is 0.324 e. The van der Waals surface area contributed by atoms with E-state index in [0.29, 0.717) is 10.9 Å². The summed E-state index contributed by atoms with van der Waals surface area (Å²) in [6, 6.07) is 6.45. The summed E-state index contributed by atoms with van der Waals surface area (Å²) < 4.78 is 27.2. The van der Waals surface area contributed by atoms with Gasteiger partial charge in [-0.3, -0.25) is 5.84 Å². The SMILES string of the molecule is CSC1CCC(NS(=O)(=O)c2ccc(NN)cc2)C1. The highest BCUT2D eigenvalue weighted by Crippen LogP contribution is 2.29. The molecule has 4 N–H and O–H groups in total. The van der Waals surface area contributed by atoms with E-state index in [1.54, 1.807) is 36.0 Å². The molecule has 0 spiro atoms. The van der Waals surface area contributed by atoms with Crippen LogP contribution in [0.2, 0.25) is 0 Å². The van der Waals surface area contributed by atoms with Gasteiger partial charge in [0.25, 0.3) is 0 Å². The highest BCUT2D eigenvalue weighted by atomic mass is 32.2. The Balaban J connectivity index is 2.05. The van der Waals surface area contributed by atoms with Crippen LogP contribution in [0.5, 0.6) is 0 Å². The van der Waals surface area contributed by atoms with E-state index in [-0.39, 0.29) is 10.9 Å². The summed E-state index contributed by atoms with van der Waals surface area (Å²) in [4.78, 5) is 0.277. The molecule has 0 saturated heterocycles. The van der Waals surface area contributed by atoms with Crippen LogP contribution in [0.4, 0.5) is 5.69 Å². The van der Waals surface area contributed by atoms with Crippen LogP contribution in [0.25, 0.3) is 0 Å². The molecule has 1 aliphatic carbocycles. The van der Waals surface area contributed by atoms with Gasteiger partial charge in [-0.25, -0.2) is 13.1 Å². The number of hydrogen-bond donors (Lipinski definition) is 3. The van der Waals surface area contributed by atoms with Gasteiger partial charge in [0, 0.05) is 17.0 Å². The molecule has 106 valence electrons. The summed E-state index contributed by atoms with van der Waals surface area (Å²) in [7, 11) is -3.43. The minimum Gasteiger partial charge on any atom is -0.324 e. The molecule has 7 heteroatoms. The number of hydrazine groups is 1. The summed E-state index contributed by atoms with van der Waals surface area (Å²) >= 11 is 1.81. The van der Waals surface area contributed by atoms with Crippen LogP contribution in [0.3, 0.4) is 0 Å². The van der Waals surface area contributed by atoms with Crippen molar-refractivity contribution in [1.82, 2.24) is 4.72 Å². The van der Waals surface area contributed by atoms with Gasteiger partial charge in [0.1, 0.15) is 0 Å². The predicted molar refractivity (Wildman–Crippen MR) is 79.5 cm³/mol. The van der Waals surface area contributed by atoms with Crippen molar-refractivity contribution in [3.63, 3.8) is 0 Å². The van der Waals surface area contributed by atoms with E-state index in [1.165, 1.54) is 0 Å². The van der Waals surface area contributed by atoms with Crippen molar-refractivity contribution < 1.29 is 8.42 Å². The van der Waals surface area contributed by atoms with Gasteiger partial charge >= 0.3 is 0 Å². The third-order valence-electron chi connectivity index (χ3n) is 3.37. The first-order chi connectivity index (χ1) is 9.05. The van der Waals surface area contributed by atoms with E-state index in [9.17, 15) is 8.42 Å². The summed E-state index contributed by atoms with van der Waals surface area (Å²) in [5.41, 5.74) is 3.16. The van der Waals surface area contributed by atoms with E-state index in [4.69, 9.17) is 5.84 Å². The molecule has 0 aromatic heterocycles. The molecule has 2 unspecified atom stereocenters. The standard InChI is InChI=1S/C12H19N3O2S2/c1-18-11-5-2-10(8-11)15-19(16,17)12-6-3-9(14-13)4-7-12/h3-4,6-7,10-11,14-15H,2,5,8,13H2,1H3. The Labute approximate surface area is 118 Å². The number of anilines is 1. The molecule has 1 aromatic carbocycles. The second-order valence-electron chi connectivity index (χ2n) is 4.66. The highest BCUT2D eigenvalue weighted by Gasteiger charge is 2.28. The zero-order valence-corrected chi connectivity index (χ0v) is 12.4. The van der Waals surface area contributed by atoms with Crippen LogP contribution in [-0.4, -0.2) is 26.0 Å². The fourth-order valence-electron chi connectivity index (χ4n) is 2.28. The summed E-state index contributed by atoms with van der Waals surface area (Å²) in [5, 5.41) is 0.566. The number of benzene rings is 1. The number of nitrogens with one attached hydrogen (secondary N) is 2. The smallest absolute Gasteiger partial charge is 0.240 e. The second kappa shape index (κ2) is 6.13. The Bertz CT molecular complexity index is 516. The van der Waals surface area contributed by atoms with E-state index in [2.05, 4.69) is 16.4 Å². The maximum atomic E-state index is 12.2. The van der Waals surface area contributed by atoms with Crippen molar-refractivity contribution >= 4 is 27.5 Å². The lowest BCUT2D eigenvalue weighted by Crippen LogP contribution is -2.33. The zero-order chi connectivity index (χ0) is 13.9. The number of nitrogens with two attached hydrogens (primary N) is 1. The molecule has 0 bridgehead atoms. The van der Waals surface area contributed by atoms with E-state index >= 15 is 0 Å². The Kier molecular flexibility index (Phi) is 4.72. The first-order valence-corrected chi connectivity index (χ1v) is 8.94. The van der Waals surface area contributed by atoms with Gasteiger partial charge in [0.15, 0.2) is 0 Å². The van der Waals surface area contributed by atoms with Crippen LogP contribution in [0, 0.1) is 0 Å². The maximum absolute atomic E-state index is 12.2. The molecule has 1 aliphatic rings. The summed E-state index contributed by atoms with van der Waals surface area (Å²) in [6.07, 6.45) is 4.96. The van der Waals surface area contributed by atoms with Crippen molar-refractivity contribution in [2.24, 2.45) is 5.84 Å². The van der Waals surface area contributed by atoms with E-state index in [0.717, 1.165) is 19.3 Å². The average Bonchev–Trinajstić information content (AvgIpc) is 2.85. The quantitative estimate of drug-likeness (QED) is 0.567. The van der Waals surface area contributed by atoms with Crippen molar-refractivity contribution in [1.29, 1.82) is 0 Å². The van der Waals surface area contributed by atoms with Gasteiger partial charge in [-0.2, -0.15) is 11.8 Å². The molecular weight excluding hydrogens is 282 g/mol. The maximum Gasteiger partial charge on any atom is 0.240 e. The molecule has 19 heavy (non-hydrogen) atoms. The molecule has 2 rings (SSSR count). The monoisotopic (exact) mass is 301 g/mol. The fourth-order valence-corrected chi connectivity index (χ4v) is 4.36. The second-order valence-corrected chi connectivity index (χ2v) is 7.51. The molecule has 1 aromatic rings.